The van der Waals surface area contributed by atoms with Gasteiger partial charge in [0.25, 0.3) is 0 Å². The molecule has 2 aromatic rings. The third kappa shape index (κ3) is 3.24. The molecule has 1 heterocycles. The Labute approximate surface area is 114 Å². The summed E-state index contributed by atoms with van der Waals surface area (Å²) in [4.78, 5) is 0. The summed E-state index contributed by atoms with van der Waals surface area (Å²) >= 11 is 0. The minimum atomic E-state index is -0.490. The maximum atomic E-state index is 10.4. The summed E-state index contributed by atoms with van der Waals surface area (Å²) in [6, 6.07) is 8.51. The van der Waals surface area contributed by atoms with Gasteiger partial charge in [0.05, 0.1) is 11.8 Å². The molecule has 0 fully saturated rings. The maximum absolute atomic E-state index is 10.4. The Bertz CT molecular complexity index is 558. The van der Waals surface area contributed by atoms with Crippen LogP contribution in [0.2, 0.25) is 0 Å². The van der Waals surface area contributed by atoms with E-state index in [0.29, 0.717) is 12.5 Å². The quantitative estimate of drug-likeness (QED) is 0.913. The fourth-order valence-electron chi connectivity index (χ4n) is 2.20. The molecule has 3 nitrogen and oxygen atoms in total. The summed E-state index contributed by atoms with van der Waals surface area (Å²) < 4.78 is 1.92. The molecule has 0 aliphatic rings. The third-order valence-corrected chi connectivity index (χ3v) is 3.39. The van der Waals surface area contributed by atoms with Crippen molar-refractivity contribution in [1.82, 2.24) is 9.78 Å². The standard InChI is InChI=1S/C16H22N2O/c1-11(2)18-8-7-14(17-18)10-16(19)15-9-12(3)5-6-13(15)4/h5-9,11,16,19H,10H2,1-4H3. The summed E-state index contributed by atoms with van der Waals surface area (Å²) in [5.41, 5.74) is 4.23. The molecule has 102 valence electrons. The first-order chi connectivity index (χ1) is 8.97. The summed E-state index contributed by atoms with van der Waals surface area (Å²) in [6.07, 6.45) is 2.04. The molecule has 0 spiro atoms. The predicted molar refractivity (Wildman–Crippen MR) is 77.2 cm³/mol. The van der Waals surface area contributed by atoms with Crippen LogP contribution in [0.4, 0.5) is 0 Å². The number of hydrogen-bond donors (Lipinski definition) is 1. The zero-order chi connectivity index (χ0) is 14.0. The molecular weight excluding hydrogens is 236 g/mol. The molecule has 3 heteroatoms. The SMILES string of the molecule is Cc1ccc(C)c(C(O)Cc2ccn(C(C)C)n2)c1. The van der Waals surface area contributed by atoms with E-state index >= 15 is 0 Å². The van der Waals surface area contributed by atoms with Crippen LogP contribution in [-0.2, 0) is 6.42 Å². The van der Waals surface area contributed by atoms with E-state index < -0.39 is 6.10 Å². The summed E-state index contributed by atoms with van der Waals surface area (Å²) in [5, 5.41) is 14.9. The largest absolute Gasteiger partial charge is 0.388 e. The summed E-state index contributed by atoms with van der Waals surface area (Å²) in [5.74, 6) is 0. The van der Waals surface area contributed by atoms with Crippen molar-refractivity contribution in [2.45, 2.75) is 46.3 Å². The van der Waals surface area contributed by atoms with E-state index in [-0.39, 0.29) is 0 Å². The smallest absolute Gasteiger partial charge is 0.0848 e. The second-order valence-electron chi connectivity index (χ2n) is 5.46. The van der Waals surface area contributed by atoms with Crippen LogP contribution in [0.1, 0.15) is 48.4 Å². The van der Waals surface area contributed by atoms with E-state index in [1.807, 2.05) is 30.8 Å². The highest BCUT2D eigenvalue weighted by atomic mass is 16.3. The number of aromatic nitrogens is 2. The van der Waals surface area contributed by atoms with Crippen LogP contribution < -0.4 is 0 Å². The average molecular weight is 258 g/mol. The molecule has 1 N–H and O–H groups in total. The third-order valence-electron chi connectivity index (χ3n) is 3.39. The van der Waals surface area contributed by atoms with E-state index in [1.54, 1.807) is 0 Å². The van der Waals surface area contributed by atoms with Crippen LogP contribution in [0.3, 0.4) is 0 Å². The number of nitrogens with zero attached hydrogens (tertiary/aromatic N) is 2. The highest BCUT2D eigenvalue weighted by Crippen LogP contribution is 2.22. The van der Waals surface area contributed by atoms with E-state index in [0.717, 1.165) is 16.8 Å². The highest BCUT2D eigenvalue weighted by molar-refractivity contribution is 5.32. The number of hydrogen-bond acceptors (Lipinski definition) is 2. The van der Waals surface area contributed by atoms with Crippen molar-refractivity contribution >= 4 is 0 Å². The van der Waals surface area contributed by atoms with Gasteiger partial charge in [-0.3, -0.25) is 4.68 Å². The van der Waals surface area contributed by atoms with Crippen molar-refractivity contribution in [3.8, 4) is 0 Å². The number of benzene rings is 1. The van der Waals surface area contributed by atoms with Gasteiger partial charge in [0, 0.05) is 18.7 Å². The van der Waals surface area contributed by atoms with Gasteiger partial charge in [-0.1, -0.05) is 23.8 Å². The van der Waals surface area contributed by atoms with Crippen LogP contribution in [0.25, 0.3) is 0 Å². The first-order valence-corrected chi connectivity index (χ1v) is 6.76. The average Bonchev–Trinajstić information content (AvgIpc) is 2.80. The number of aliphatic hydroxyl groups is 1. The van der Waals surface area contributed by atoms with Crippen molar-refractivity contribution in [2.75, 3.05) is 0 Å². The molecule has 0 aliphatic heterocycles. The Morgan fingerprint density at radius 3 is 2.58 bits per heavy atom. The van der Waals surface area contributed by atoms with Crippen LogP contribution in [0, 0.1) is 13.8 Å². The molecular formula is C16H22N2O. The molecule has 0 saturated heterocycles. The van der Waals surface area contributed by atoms with Gasteiger partial charge in [-0.15, -0.1) is 0 Å². The van der Waals surface area contributed by atoms with Crippen molar-refractivity contribution < 1.29 is 5.11 Å². The first kappa shape index (κ1) is 13.8. The maximum Gasteiger partial charge on any atom is 0.0848 e. The van der Waals surface area contributed by atoms with Gasteiger partial charge in [0.15, 0.2) is 0 Å². The molecule has 0 amide bonds. The topological polar surface area (TPSA) is 38.0 Å². The van der Waals surface area contributed by atoms with Crippen LogP contribution in [0.15, 0.2) is 30.5 Å². The zero-order valence-corrected chi connectivity index (χ0v) is 12.1. The van der Waals surface area contributed by atoms with Gasteiger partial charge in [-0.05, 0) is 44.9 Å². The molecule has 1 unspecified atom stereocenters. The van der Waals surface area contributed by atoms with E-state index in [1.165, 1.54) is 5.56 Å². The lowest BCUT2D eigenvalue weighted by Gasteiger charge is -2.13. The molecule has 0 radical (unpaired) electrons. The number of rotatable bonds is 4. The lowest BCUT2D eigenvalue weighted by atomic mass is 9.98. The van der Waals surface area contributed by atoms with Crippen molar-refractivity contribution in [3.05, 3.63) is 52.8 Å². The second kappa shape index (κ2) is 5.57. The van der Waals surface area contributed by atoms with Gasteiger partial charge < -0.3 is 5.11 Å². The Balaban J connectivity index is 2.15. The molecule has 0 aliphatic carbocycles. The van der Waals surface area contributed by atoms with Crippen molar-refractivity contribution in [2.24, 2.45) is 0 Å². The van der Waals surface area contributed by atoms with Crippen LogP contribution in [-0.4, -0.2) is 14.9 Å². The molecule has 1 atom stereocenters. The van der Waals surface area contributed by atoms with Gasteiger partial charge >= 0.3 is 0 Å². The Morgan fingerprint density at radius 1 is 1.21 bits per heavy atom. The predicted octanol–water partition coefficient (Wildman–Crippen LogP) is 3.36. The highest BCUT2D eigenvalue weighted by Gasteiger charge is 2.13. The zero-order valence-electron chi connectivity index (χ0n) is 12.1. The second-order valence-corrected chi connectivity index (χ2v) is 5.46. The van der Waals surface area contributed by atoms with Gasteiger partial charge in [0.1, 0.15) is 0 Å². The van der Waals surface area contributed by atoms with E-state index in [9.17, 15) is 5.11 Å². The van der Waals surface area contributed by atoms with E-state index in [2.05, 4.69) is 37.1 Å². The first-order valence-electron chi connectivity index (χ1n) is 6.76. The minimum absolute atomic E-state index is 0.353. The Kier molecular flexibility index (Phi) is 4.05. The molecule has 0 bridgehead atoms. The van der Waals surface area contributed by atoms with E-state index in [4.69, 9.17) is 0 Å². The fourth-order valence-corrected chi connectivity index (χ4v) is 2.20. The lowest BCUT2D eigenvalue weighted by molar-refractivity contribution is 0.176. The number of aryl methyl sites for hydroxylation is 2. The van der Waals surface area contributed by atoms with Gasteiger partial charge in [-0.25, -0.2) is 0 Å². The van der Waals surface area contributed by atoms with Crippen molar-refractivity contribution in [3.63, 3.8) is 0 Å². The summed E-state index contributed by atoms with van der Waals surface area (Å²) in [6.45, 7) is 8.27. The molecule has 2 rings (SSSR count). The Morgan fingerprint density at radius 2 is 1.95 bits per heavy atom. The van der Waals surface area contributed by atoms with Crippen molar-refractivity contribution in [1.29, 1.82) is 0 Å². The number of aliphatic hydroxyl groups excluding tert-OH is 1. The normalized spacial score (nSPS) is 12.9. The molecule has 1 aromatic heterocycles. The molecule has 19 heavy (non-hydrogen) atoms. The Hall–Kier alpha value is -1.61. The monoisotopic (exact) mass is 258 g/mol. The van der Waals surface area contributed by atoms with Crippen LogP contribution >= 0.6 is 0 Å². The minimum Gasteiger partial charge on any atom is -0.388 e. The fraction of sp³-hybridized carbons (Fsp3) is 0.438. The summed E-state index contributed by atoms with van der Waals surface area (Å²) in [7, 11) is 0. The van der Waals surface area contributed by atoms with Gasteiger partial charge in [0.2, 0.25) is 0 Å². The lowest BCUT2D eigenvalue weighted by Crippen LogP contribution is -2.07. The molecule has 0 saturated carbocycles. The molecule has 1 aromatic carbocycles. The van der Waals surface area contributed by atoms with Gasteiger partial charge in [-0.2, -0.15) is 5.10 Å². The van der Waals surface area contributed by atoms with Crippen LogP contribution in [0.5, 0.6) is 0 Å².